The third kappa shape index (κ3) is 9.82. The smallest absolute Gasteiger partial charge is 0.408 e. The highest BCUT2D eigenvalue weighted by Gasteiger charge is 2.46. The van der Waals surface area contributed by atoms with Gasteiger partial charge in [-0.25, -0.2) is 15.0 Å². The van der Waals surface area contributed by atoms with Gasteiger partial charge in [0.15, 0.2) is 11.5 Å². The molecule has 0 atom stereocenters. The largest absolute Gasteiger partial charge is 0.491 e. The van der Waals surface area contributed by atoms with E-state index in [1.54, 1.807) is 62.6 Å². The summed E-state index contributed by atoms with van der Waals surface area (Å²) in [4.78, 5) is 48.2. The Kier molecular flexibility index (Phi) is 13.7. The second-order valence-corrected chi connectivity index (χ2v) is 14.3. The maximum absolute atomic E-state index is 13.1. The van der Waals surface area contributed by atoms with Crippen molar-refractivity contribution >= 4 is 45.8 Å². The highest BCUT2D eigenvalue weighted by Crippen LogP contribution is 2.42. The SMILES string of the molecule is CI.COc1cc(-c2ccc3c(n2)C(C)(C)N(c2cnn(CC(F)(F)F)c2)C3=O)cnc1OC.COc1cc(-c2ccc3c(n2)CN(c2cnn(CC(F)(F)F)c2)C3=O)cnc1OC. The molecule has 0 bridgehead atoms. The van der Waals surface area contributed by atoms with Gasteiger partial charge in [-0.1, -0.05) is 22.6 Å². The summed E-state index contributed by atoms with van der Waals surface area (Å²) in [5.74, 6) is 0.824. The van der Waals surface area contributed by atoms with Gasteiger partial charge in [0.05, 0.1) is 98.2 Å². The minimum Gasteiger partial charge on any atom is -0.491 e. The van der Waals surface area contributed by atoms with E-state index in [1.807, 2.05) is 4.93 Å². The molecule has 0 saturated heterocycles. The van der Waals surface area contributed by atoms with Crippen LogP contribution in [0.15, 0.2) is 73.6 Å². The van der Waals surface area contributed by atoms with Crippen molar-refractivity contribution in [2.45, 2.75) is 51.4 Å². The van der Waals surface area contributed by atoms with Crippen molar-refractivity contribution in [3.63, 3.8) is 0 Å². The van der Waals surface area contributed by atoms with E-state index in [0.29, 0.717) is 68.3 Å². The van der Waals surface area contributed by atoms with Gasteiger partial charge in [-0.2, -0.15) is 36.5 Å². The molecule has 2 amide bonds. The van der Waals surface area contributed by atoms with Gasteiger partial charge >= 0.3 is 12.4 Å². The van der Waals surface area contributed by atoms with Crippen LogP contribution >= 0.6 is 22.6 Å². The van der Waals surface area contributed by atoms with Crippen LogP contribution in [-0.2, 0) is 25.2 Å². The third-order valence-corrected chi connectivity index (χ3v) is 9.77. The third-order valence-electron chi connectivity index (χ3n) is 9.77. The quantitative estimate of drug-likeness (QED) is 0.0741. The highest BCUT2D eigenvalue weighted by atomic mass is 127. The summed E-state index contributed by atoms with van der Waals surface area (Å²) >= 11 is 2.15. The number of halogens is 7. The van der Waals surface area contributed by atoms with Crippen LogP contribution in [-0.4, -0.2) is 97.0 Å². The molecule has 0 aliphatic carbocycles. The van der Waals surface area contributed by atoms with Gasteiger partial charge in [-0.3, -0.25) is 33.7 Å². The van der Waals surface area contributed by atoms with Crippen LogP contribution in [0.25, 0.3) is 22.5 Å². The summed E-state index contributed by atoms with van der Waals surface area (Å²) < 4.78 is 98.1. The van der Waals surface area contributed by atoms with Crippen LogP contribution in [0.4, 0.5) is 37.7 Å². The number of anilines is 2. The Morgan fingerprint density at radius 2 is 1.14 bits per heavy atom. The number of fused-ring (bicyclic) bond motifs is 2. The fourth-order valence-electron chi connectivity index (χ4n) is 6.98. The number of ether oxygens (including phenoxy) is 4. The van der Waals surface area contributed by atoms with Crippen molar-refractivity contribution in [1.29, 1.82) is 0 Å². The second-order valence-electron chi connectivity index (χ2n) is 14.3. The van der Waals surface area contributed by atoms with Crippen LogP contribution in [0.3, 0.4) is 0 Å². The lowest BCUT2D eigenvalue weighted by atomic mass is 9.98. The molecule has 6 aromatic rings. The fraction of sp³-hybridized carbons (Fsp3) is 0.317. The van der Waals surface area contributed by atoms with Crippen molar-refractivity contribution in [2.75, 3.05) is 43.2 Å². The van der Waals surface area contributed by atoms with Gasteiger partial charge in [-0.15, -0.1) is 0 Å². The lowest BCUT2D eigenvalue weighted by molar-refractivity contribution is -0.143. The summed E-state index contributed by atoms with van der Waals surface area (Å²) in [6.45, 7) is 1.22. The van der Waals surface area contributed by atoms with E-state index >= 15 is 0 Å². The Bertz CT molecular complexity index is 2670. The van der Waals surface area contributed by atoms with Gasteiger partial charge in [0, 0.05) is 35.9 Å². The maximum Gasteiger partial charge on any atom is 0.408 e. The number of rotatable bonds is 10. The topological polar surface area (TPSA) is 165 Å². The van der Waals surface area contributed by atoms with E-state index < -0.39 is 31.0 Å². The zero-order valence-electron chi connectivity index (χ0n) is 35.1. The number of hydrogen-bond acceptors (Lipinski definition) is 12. The van der Waals surface area contributed by atoms with Gasteiger partial charge < -0.3 is 18.9 Å². The van der Waals surface area contributed by atoms with Crippen LogP contribution in [0.1, 0.15) is 46.0 Å². The molecule has 0 spiro atoms. The predicted molar refractivity (Wildman–Crippen MR) is 228 cm³/mol. The Labute approximate surface area is 375 Å². The lowest BCUT2D eigenvalue weighted by Crippen LogP contribution is -2.39. The molecule has 2 aliphatic rings. The van der Waals surface area contributed by atoms with Gasteiger partial charge in [-0.05, 0) is 55.2 Å². The number of nitrogens with zero attached hydrogens (tertiary/aromatic N) is 10. The second kappa shape index (κ2) is 18.7. The fourth-order valence-corrected chi connectivity index (χ4v) is 6.98. The van der Waals surface area contributed by atoms with E-state index in [0.717, 1.165) is 9.36 Å². The number of methoxy groups -OCH3 is 4. The van der Waals surface area contributed by atoms with Crippen molar-refractivity contribution in [1.82, 2.24) is 39.5 Å². The zero-order chi connectivity index (χ0) is 46.7. The Hall–Kier alpha value is -6.53. The summed E-state index contributed by atoms with van der Waals surface area (Å²) in [6.07, 6.45) is -0.782. The monoisotopic (exact) mass is 1010 g/mol. The summed E-state index contributed by atoms with van der Waals surface area (Å²) in [6, 6.07) is 10.1. The molecule has 0 radical (unpaired) electrons. The molecule has 8 heterocycles. The Morgan fingerprint density at radius 3 is 1.64 bits per heavy atom. The van der Waals surface area contributed by atoms with Crippen LogP contribution < -0.4 is 28.7 Å². The standard InChI is InChI=1S/C21H20F3N5O3.C19H16F3N5O3.CH3I/c1-20(2)17-14(19(30)29(20)13-9-26-28(10-13)11-21(22,23)24)5-6-15(27-17)12-7-16(31-3)18(32-4)25-8-12;1-29-16-5-11(6-23-17(16)30-2)14-4-3-13-15(25-14)9-27(18(13)28)12-7-24-26(8-12)10-19(20,21)22;1-2/h5-10H,11H2,1-4H3;3-8H,9-10H2,1-2H3;1H3. The van der Waals surface area contributed by atoms with Crippen LogP contribution in [0.5, 0.6) is 23.3 Å². The van der Waals surface area contributed by atoms with E-state index in [4.69, 9.17) is 23.9 Å². The van der Waals surface area contributed by atoms with Crippen LogP contribution in [0, 0.1) is 0 Å². The molecule has 338 valence electrons. The highest BCUT2D eigenvalue weighted by molar-refractivity contribution is 14.1. The first-order valence-electron chi connectivity index (χ1n) is 18.7. The first kappa shape index (κ1) is 47.0. The predicted octanol–water partition coefficient (Wildman–Crippen LogP) is 7.95. The maximum atomic E-state index is 13.1. The zero-order valence-corrected chi connectivity index (χ0v) is 37.3. The number of carbonyl (C=O) groups excluding carboxylic acids is 2. The van der Waals surface area contributed by atoms with Gasteiger partial charge in [0.1, 0.15) is 13.1 Å². The summed E-state index contributed by atoms with van der Waals surface area (Å²) in [5, 5.41) is 7.45. The van der Waals surface area contributed by atoms with Crippen molar-refractivity contribution < 1.29 is 54.9 Å². The van der Waals surface area contributed by atoms with Gasteiger partial charge in [0.2, 0.25) is 0 Å². The molecule has 0 saturated carbocycles. The molecule has 0 N–H and O–H groups in total. The van der Waals surface area contributed by atoms with E-state index in [1.165, 1.54) is 63.0 Å². The summed E-state index contributed by atoms with van der Waals surface area (Å²) in [7, 11) is 5.96. The van der Waals surface area contributed by atoms with Crippen molar-refractivity contribution in [3.05, 3.63) is 96.1 Å². The summed E-state index contributed by atoms with van der Waals surface area (Å²) in [5.41, 5.74) is 3.84. The first-order chi connectivity index (χ1) is 30.3. The van der Waals surface area contributed by atoms with E-state index in [-0.39, 0.29) is 29.7 Å². The first-order valence-corrected chi connectivity index (χ1v) is 20.9. The molecule has 0 unspecified atom stereocenters. The van der Waals surface area contributed by atoms with Gasteiger partial charge in [0.25, 0.3) is 23.6 Å². The lowest BCUT2D eigenvalue weighted by Gasteiger charge is -2.30. The molecule has 0 fully saturated rings. The average Bonchev–Trinajstić information content (AvgIpc) is 4.04. The molecule has 8 rings (SSSR count). The van der Waals surface area contributed by atoms with Crippen molar-refractivity contribution in [2.24, 2.45) is 0 Å². The molecule has 64 heavy (non-hydrogen) atoms. The number of aromatic nitrogens is 8. The Balaban J connectivity index is 0.000000205. The number of hydrogen-bond donors (Lipinski definition) is 0. The van der Waals surface area contributed by atoms with E-state index in [9.17, 15) is 35.9 Å². The molecule has 16 nitrogen and oxygen atoms in total. The number of alkyl halides is 7. The molecule has 23 heteroatoms. The molecule has 2 aliphatic heterocycles. The minimum atomic E-state index is -4.42. The number of carbonyl (C=O) groups is 2. The molecular formula is C41H39F6IN10O6. The molecular weight excluding hydrogens is 969 g/mol. The molecule has 6 aromatic heterocycles. The van der Waals surface area contributed by atoms with Crippen LogP contribution in [0.2, 0.25) is 0 Å². The minimum absolute atomic E-state index is 0.125. The average molecular weight is 1010 g/mol. The Morgan fingerprint density at radius 1 is 0.656 bits per heavy atom. The number of pyridine rings is 4. The molecule has 0 aromatic carbocycles. The van der Waals surface area contributed by atoms with Crippen molar-refractivity contribution in [3.8, 4) is 45.8 Å². The normalized spacial score (nSPS) is 14.0. The van der Waals surface area contributed by atoms with E-state index in [2.05, 4.69) is 47.7 Å². The number of amides is 2.